The molecule has 1 fully saturated rings. The molecule has 0 atom stereocenters. The molecule has 110 valence electrons. The molecule has 2 nitrogen and oxygen atoms in total. The van der Waals surface area contributed by atoms with E-state index in [0.717, 1.165) is 12.1 Å². The Morgan fingerprint density at radius 3 is 1.90 bits per heavy atom. The summed E-state index contributed by atoms with van der Waals surface area (Å²) in [4.78, 5) is 0. The minimum Gasteiger partial charge on any atom is -0.399 e. The molecule has 0 aliphatic carbocycles. The van der Waals surface area contributed by atoms with Crippen molar-refractivity contribution in [3.8, 4) is 0 Å². The van der Waals surface area contributed by atoms with Crippen molar-refractivity contribution in [2.45, 2.75) is 45.3 Å². The van der Waals surface area contributed by atoms with Gasteiger partial charge in [0.1, 0.15) is 0 Å². The largest absolute Gasteiger partial charge is 0.497 e. The molecule has 0 radical (unpaired) electrons. The SMILES string of the molecule is CC1(C)OB(c2ccc(C(F)F)c(F)c2F)OC1(C)C. The van der Waals surface area contributed by atoms with E-state index in [1.54, 1.807) is 27.7 Å². The van der Waals surface area contributed by atoms with Gasteiger partial charge < -0.3 is 9.31 Å². The van der Waals surface area contributed by atoms with Crippen LogP contribution in [0.3, 0.4) is 0 Å². The fraction of sp³-hybridized carbons (Fsp3) is 0.538. The lowest BCUT2D eigenvalue weighted by atomic mass is 9.78. The summed E-state index contributed by atoms with van der Waals surface area (Å²) < 4.78 is 63.6. The molecule has 0 spiro atoms. The first kappa shape index (κ1) is 15.3. The Hall–Kier alpha value is -1.08. The van der Waals surface area contributed by atoms with Gasteiger partial charge in [-0.25, -0.2) is 17.6 Å². The van der Waals surface area contributed by atoms with E-state index < -0.39 is 41.9 Å². The van der Waals surface area contributed by atoms with Gasteiger partial charge in [-0.2, -0.15) is 0 Å². The summed E-state index contributed by atoms with van der Waals surface area (Å²) in [6.45, 7) is 7.03. The van der Waals surface area contributed by atoms with Gasteiger partial charge in [0.05, 0.1) is 16.8 Å². The topological polar surface area (TPSA) is 18.5 Å². The highest BCUT2D eigenvalue weighted by Crippen LogP contribution is 2.37. The van der Waals surface area contributed by atoms with Crippen LogP contribution >= 0.6 is 0 Å². The molecule has 1 aromatic carbocycles. The van der Waals surface area contributed by atoms with Gasteiger partial charge in [-0.15, -0.1) is 0 Å². The molecule has 20 heavy (non-hydrogen) atoms. The highest BCUT2D eigenvalue weighted by molar-refractivity contribution is 6.62. The summed E-state index contributed by atoms with van der Waals surface area (Å²) in [7, 11) is -1.12. The van der Waals surface area contributed by atoms with Crippen molar-refractivity contribution in [1.82, 2.24) is 0 Å². The molecule has 1 saturated heterocycles. The molecule has 0 aromatic heterocycles. The Balaban J connectivity index is 2.39. The fourth-order valence-electron chi connectivity index (χ4n) is 1.90. The summed E-state index contributed by atoms with van der Waals surface area (Å²) in [5, 5.41) is 0. The Bertz CT molecular complexity index is 515. The maximum atomic E-state index is 13.9. The van der Waals surface area contributed by atoms with Crippen molar-refractivity contribution in [3.63, 3.8) is 0 Å². The van der Waals surface area contributed by atoms with Crippen LogP contribution < -0.4 is 5.46 Å². The first-order valence-electron chi connectivity index (χ1n) is 6.18. The van der Waals surface area contributed by atoms with Gasteiger partial charge >= 0.3 is 7.12 Å². The maximum absolute atomic E-state index is 13.9. The normalized spacial score (nSPS) is 20.8. The van der Waals surface area contributed by atoms with E-state index in [2.05, 4.69) is 0 Å². The van der Waals surface area contributed by atoms with Gasteiger partial charge in [-0.3, -0.25) is 0 Å². The Morgan fingerprint density at radius 2 is 1.45 bits per heavy atom. The minimum atomic E-state index is -3.07. The Morgan fingerprint density at radius 1 is 0.950 bits per heavy atom. The second-order valence-electron chi connectivity index (χ2n) is 5.76. The van der Waals surface area contributed by atoms with Crippen LogP contribution in [0.15, 0.2) is 12.1 Å². The molecule has 0 N–H and O–H groups in total. The molecule has 1 aromatic rings. The summed E-state index contributed by atoms with van der Waals surface area (Å²) >= 11 is 0. The molecule has 0 bridgehead atoms. The molecular weight excluding hydrogens is 275 g/mol. The quantitative estimate of drug-likeness (QED) is 0.615. The average molecular weight is 290 g/mol. The van der Waals surface area contributed by atoms with Crippen LogP contribution in [0, 0.1) is 11.6 Å². The number of rotatable bonds is 2. The standard InChI is InChI=1S/C13H15BF4O2/c1-12(2)13(3,4)20-14(19-12)8-6-5-7(11(17)18)9(15)10(8)16/h5-6,11H,1-4H3. The van der Waals surface area contributed by atoms with E-state index in [-0.39, 0.29) is 5.46 Å². The van der Waals surface area contributed by atoms with Crippen molar-refractivity contribution in [2.24, 2.45) is 0 Å². The second kappa shape index (κ2) is 4.74. The predicted molar refractivity (Wildman–Crippen MR) is 67.0 cm³/mol. The first-order chi connectivity index (χ1) is 9.07. The number of benzene rings is 1. The molecular formula is C13H15BF4O2. The number of alkyl halides is 2. The van der Waals surface area contributed by atoms with Crippen molar-refractivity contribution < 1.29 is 26.9 Å². The van der Waals surface area contributed by atoms with E-state index in [0.29, 0.717) is 0 Å². The summed E-state index contributed by atoms with van der Waals surface area (Å²) in [6.07, 6.45) is -3.07. The molecule has 0 saturated carbocycles. The zero-order chi connectivity index (χ0) is 15.3. The summed E-state index contributed by atoms with van der Waals surface area (Å²) in [5.41, 5.74) is -2.63. The zero-order valence-corrected chi connectivity index (χ0v) is 11.6. The van der Waals surface area contributed by atoms with Gasteiger partial charge in [-0.1, -0.05) is 12.1 Å². The second-order valence-corrected chi connectivity index (χ2v) is 5.76. The van der Waals surface area contributed by atoms with Crippen molar-refractivity contribution >= 4 is 12.6 Å². The highest BCUT2D eigenvalue weighted by Gasteiger charge is 2.52. The minimum absolute atomic E-state index is 0.217. The van der Waals surface area contributed by atoms with Crippen LogP contribution in [-0.2, 0) is 9.31 Å². The third-order valence-corrected chi connectivity index (χ3v) is 3.88. The molecule has 1 aliphatic heterocycles. The van der Waals surface area contributed by atoms with Crippen LogP contribution in [0.1, 0.15) is 39.7 Å². The van der Waals surface area contributed by atoms with E-state index >= 15 is 0 Å². The van der Waals surface area contributed by atoms with Gasteiger partial charge in [0.15, 0.2) is 11.6 Å². The number of hydrogen-bond donors (Lipinski definition) is 0. The number of hydrogen-bond acceptors (Lipinski definition) is 2. The summed E-state index contributed by atoms with van der Waals surface area (Å²) in [6, 6.07) is 1.92. The number of halogens is 4. The van der Waals surface area contributed by atoms with E-state index in [9.17, 15) is 17.6 Å². The zero-order valence-electron chi connectivity index (χ0n) is 11.6. The predicted octanol–water partition coefficient (Wildman–Crippen LogP) is 3.20. The third-order valence-electron chi connectivity index (χ3n) is 3.88. The van der Waals surface area contributed by atoms with Crippen LogP contribution in [0.4, 0.5) is 17.6 Å². The van der Waals surface area contributed by atoms with Crippen molar-refractivity contribution in [2.75, 3.05) is 0 Å². The molecule has 0 unspecified atom stereocenters. The van der Waals surface area contributed by atoms with E-state index in [4.69, 9.17) is 9.31 Å². The van der Waals surface area contributed by atoms with Gasteiger partial charge in [-0.05, 0) is 27.7 Å². The van der Waals surface area contributed by atoms with E-state index in [1.165, 1.54) is 0 Å². The monoisotopic (exact) mass is 290 g/mol. The van der Waals surface area contributed by atoms with Gasteiger partial charge in [0.2, 0.25) is 0 Å². The van der Waals surface area contributed by atoms with Crippen LogP contribution in [0.25, 0.3) is 0 Å². The molecule has 1 aliphatic rings. The van der Waals surface area contributed by atoms with Crippen LogP contribution in [0.5, 0.6) is 0 Å². The smallest absolute Gasteiger partial charge is 0.399 e. The molecule has 1 heterocycles. The lowest BCUT2D eigenvalue weighted by Gasteiger charge is -2.32. The average Bonchev–Trinajstić information content (AvgIpc) is 2.51. The Kier molecular flexibility index (Phi) is 3.63. The Labute approximate surface area is 115 Å². The van der Waals surface area contributed by atoms with Crippen LogP contribution in [0.2, 0.25) is 0 Å². The van der Waals surface area contributed by atoms with Crippen molar-refractivity contribution in [3.05, 3.63) is 29.3 Å². The maximum Gasteiger partial charge on any atom is 0.497 e. The lowest BCUT2D eigenvalue weighted by molar-refractivity contribution is 0.00578. The molecule has 2 rings (SSSR count). The highest BCUT2D eigenvalue weighted by atomic mass is 19.3. The first-order valence-corrected chi connectivity index (χ1v) is 6.18. The molecule has 7 heteroatoms. The van der Waals surface area contributed by atoms with Gasteiger partial charge in [0, 0.05) is 5.46 Å². The van der Waals surface area contributed by atoms with Crippen molar-refractivity contribution in [1.29, 1.82) is 0 Å². The van der Waals surface area contributed by atoms with Gasteiger partial charge in [0.25, 0.3) is 6.43 Å². The fourth-order valence-corrected chi connectivity index (χ4v) is 1.90. The lowest BCUT2D eigenvalue weighted by Crippen LogP contribution is -2.41. The molecule has 0 amide bonds. The summed E-state index contributed by atoms with van der Waals surface area (Å²) in [5.74, 6) is -2.92. The van der Waals surface area contributed by atoms with E-state index in [1.807, 2.05) is 0 Å². The third kappa shape index (κ3) is 2.33. The van der Waals surface area contributed by atoms with Crippen LogP contribution in [-0.4, -0.2) is 18.3 Å².